The van der Waals surface area contributed by atoms with E-state index in [1.807, 2.05) is 13.8 Å². The fourth-order valence-electron chi connectivity index (χ4n) is 0. The molecule has 0 saturated heterocycles. The van der Waals surface area contributed by atoms with Gasteiger partial charge in [0.15, 0.2) is 0 Å². The lowest BCUT2D eigenvalue weighted by Gasteiger charge is -2.09. The summed E-state index contributed by atoms with van der Waals surface area (Å²) >= 11 is 0. The molecular weight excluding hydrogens is 95.1 g/mol. The van der Waals surface area contributed by atoms with Gasteiger partial charge in [-0.15, -0.1) is 0 Å². The molecule has 0 N–H and O–H groups in total. The molecule has 0 aliphatic rings. The molecule has 0 aliphatic carbocycles. The first-order valence-electron chi connectivity index (χ1n) is 2.12. The van der Waals surface area contributed by atoms with E-state index in [4.69, 9.17) is 0 Å². The summed E-state index contributed by atoms with van der Waals surface area (Å²) in [6.45, 7) is 3.69. The van der Waals surface area contributed by atoms with E-state index in [1.165, 1.54) is 0 Å². The molecule has 0 bridgehead atoms. The SMILES string of the molecule is CC(C)([SiH3])CF. The van der Waals surface area contributed by atoms with E-state index in [0.29, 0.717) is 0 Å². The molecule has 0 radical (unpaired) electrons. The smallest absolute Gasteiger partial charge is 0.0912 e. The lowest BCUT2D eigenvalue weighted by atomic mass is 10.2. The highest BCUT2D eigenvalue weighted by Crippen LogP contribution is 2.16. The second-order valence-electron chi connectivity index (χ2n) is 2.69. The van der Waals surface area contributed by atoms with Crippen molar-refractivity contribution >= 4 is 10.2 Å². The highest BCUT2D eigenvalue weighted by atomic mass is 28.1. The summed E-state index contributed by atoms with van der Waals surface area (Å²) in [5, 5.41) is 0.0139. The van der Waals surface area contributed by atoms with Crippen molar-refractivity contribution in [2.75, 3.05) is 6.67 Å². The first kappa shape index (κ1) is 6.15. The second kappa shape index (κ2) is 1.73. The maximum Gasteiger partial charge on any atom is 0.0912 e. The normalized spacial score (nSPS) is 12.5. The Morgan fingerprint density at radius 1 is 1.67 bits per heavy atom. The Kier molecular flexibility index (Phi) is 1.78. The van der Waals surface area contributed by atoms with Crippen molar-refractivity contribution in [3.8, 4) is 0 Å². The molecule has 0 aromatic rings. The standard InChI is InChI=1S/C4H11FSi/c1-4(2,6)3-5/h3H2,1-2,6H3. The first-order chi connectivity index (χ1) is 2.56. The average Bonchev–Trinajstić information content (AvgIpc) is 1.35. The molecule has 0 saturated carbocycles. The van der Waals surface area contributed by atoms with Gasteiger partial charge in [0, 0.05) is 10.2 Å². The lowest BCUT2D eigenvalue weighted by molar-refractivity contribution is 0.418. The van der Waals surface area contributed by atoms with E-state index in [9.17, 15) is 4.39 Å². The van der Waals surface area contributed by atoms with Crippen molar-refractivity contribution in [2.45, 2.75) is 18.9 Å². The van der Waals surface area contributed by atoms with Crippen molar-refractivity contribution in [3.05, 3.63) is 0 Å². The van der Waals surface area contributed by atoms with Gasteiger partial charge in [-0.05, 0) is 5.04 Å². The van der Waals surface area contributed by atoms with Crippen molar-refractivity contribution in [2.24, 2.45) is 0 Å². The molecule has 0 spiro atoms. The molecular formula is C4H11FSi. The van der Waals surface area contributed by atoms with E-state index >= 15 is 0 Å². The highest BCUT2D eigenvalue weighted by Gasteiger charge is 2.06. The maximum atomic E-state index is 11.5. The summed E-state index contributed by atoms with van der Waals surface area (Å²) in [6, 6.07) is 0. The van der Waals surface area contributed by atoms with Gasteiger partial charge in [0.2, 0.25) is 0 Å². The van der Waals surface area contributed by atoms with Gasteiger partial charge in [0.1, 0.15) is 0 Å². The van der Waals surface area contributed by atoms with Gasteiger partial charge in [-0.2, -0.15) is 0 Å². The van der Waals surface area contributed by atoms with E-state index in [1.54, 1.807) is 0 Å². The predicted molar refractivity (Wildman–Crippen MR) is 30.0 cm³/mol. The molecule has 0 aromatic heterocycles. The number of hydrogen-bond acceptors (Lipinski definition) is 0. The van der Waals surface area contributed by atoms with Crippen LogP contribution in [0.25, 0.3) is 0 Å². The van der Waals surface area contributed by atoms with Crippen LogP contribution < -0.4 is 0 Å². The molecule has 2 heteroatoms. The Hall–Kier alpha value is 0.147. The van der Waals surface area contributed by atoms with Crippen molar-refractivity contribution in [1.29, 1.82) is 0 Å². The topological polar surface area (TPSA) is 0 Å². The van der Waals surface area contributed by atoms with Gasteiger partial charge >= 0.3 is 0 Å². The van der Waals surface area contributed by atoms with E-state index in [2.05, 4.69) is 0 Å². The summed E-state index contributed by atoms with van der Waals surface area (Å²) in [5.74, 6) is 0. The molecule has 0 unspecified atom stereocenters. The second-order valence-corrected chi connectivity index (χ2v) is 5.40. The summed E-state index contributed by atoms with van der Waals surface area (Å²) in [5.41, 5.74) is 0. The third kappa shape index (κ3) is 4.15. The van der Waals surface area contributed by atoms with Crippen LogP contribution in [0.15, 0.2) is 0 Å². The molecule has 6 heavy (non-hydrogen) atoms. The van der Waals surface area contributed by atoms with Crippen molar-refractivity contribution in [1.82, 2.24) is 0 Å². The zero-order chi connectivity index (χ0) is 5.21. The van der Waals surface area contributed by atoms with Crippen molar-refractivity contribution in [3.63, 3.8) is 0 Å². The highest BCUT2D eigenvalue weighted by molar-refractivity contribution is 6.14. The molecule has 0 aromatic carbocycles. The Balaban J connectivity index is 3.17. The number of rotatable bonds is 1. The quantitative estimate of drug-likeness (QED) is 0.427. The van der Waals surface area contributed by atoms with E-state index in [0.717, 1.165) is 10.2 Å². The summed E-state index contributed by atoms with van der Waals surface area (Å²) in [6.07, 6.45) is 0. The van der Waals surface area contributed by atoms with Crippen LogP contribution in [0.5, 0.6) is 0 Å². The minimum Gasteiger partial charge on any atom is -0.251 e. The van der Waals surface area contributed by atoms with Crippen LogP contribution in [0.4, 0.5) is 4.39 Å². The Bertz CT molecular complexity index is 37.3. The summed E-state index contributed by atoms with van der Waals surface area (Å²) in [4.78, 5) is 0. The summed E-state index contributed by atoms with van der Waals surface area (Å²) < 4.78 is 11.5. The maximum absolute atomic E-state index is 11.5. The third-order valence-corrected chi connectivity index (χ3v) is 0.668. The number of halogens is 1. The molecule has 0 heterocycles. The Morgan fingerprint density at radius 3 is 1.83 bits per heavy atom. The molecule has 0 aliphatic heterocycles. The molecule has 38 valence electrons. The summed E-state index contributed by atoms with van der Waals surface area (Å²) in [7, 11) is 0.954. The third-order valence-electron chi connectivity index (χ3n) is 0.401. The van der Waals surface area contributed by atoms with Gasteiger partial charge in [0.05, 0.1) is 6.67 Å². The van der Waals surface area contributed by atoms with Gasteiger partial charge in [0.25, 0.3) is 0 Å². The minimum atomic E-state index is -0.167. The number of hydrogen-bond donors (Lipinski definition) is 0. The van der Waals surface area contributed by atoms with E-state index < -0.39 is 0 Å². The molecule has 0 atom stereocenters. The van der Waals surface area contributed by atoms with Crippen LogP contribution in [0.2, 0.25) is 5.04 Å². The van der Waals surface area contributed by atoms with Crippen molar-refractivity contribution < 1.29 is 4.39 Å². The molecule has 0 rings (SSSR count). The van der Waals surface area contributed by atoms with Crippen LogP contribution in [0.3, 0.4) is 0 Å². The van der Waals surface area contributed by atoms with Gasteiger partial charge in [-0.1, -0.05) is 13.8 Å². The van der Waals surface area contributed by atoms with Gasteiger partial charge in [-0.3, -0.25) is 4.39 Å². The Labute approximate surface area is 41.2 Å². The van der Waals surface area contributed by atoms with Crippen LogP contribution in [-0.4, -0.2) is 16.9 Å². The average molecular weight is 106 g/mol. The van der Waals surface area contributed by atoms with Crippen LogP contribution >= 0.6 is 0 Å². The Morgan fingerprint density at radius 2 is 1.83 bits per heavy atom. The minimum absolute atomic E-state index is 0.0139. The zero-order valence-electron chi connectivity index (χ0n) is 4.59. The zero-order valence-corrected chi connectivity index (χ0v) is 6.59. The fourth-order valence-corrected chi connectivity index (χ4v) is 0. The van der Waals surface area contributed by atoms with Crippen LogP contribution in [0.1, 0.15) is 13.8 Å². The fraction of sp³-hybridized carbons (Fsp3) is 1.00. The lowest BCUT2D eigenvalue weighted by Crippen LogP contribution is -2.02. The predicted octanol–water partition coefficient (Wildman–Crippen LogP) is 0.520. The monoisotopic (exact) mass is 106 g/mol. The molecule has 0 fully saturated rings. The van der Waals surface area contributed by atoms with Gasteiger partial charge in [-0.25, -0.2) is 0 Å². The first-order valence-corrected chi connectivity index (χ1v) is 3.12. The van der Waals surface area contributed by atoms with Gasteiger partial charge < -0.3 is 0 Å². The van der Waals surface area contributed by atoms with Crippen LogP contribution in [-0.2, 0) is 0 Å². The molecule has 0 amide bonds. The van der Waals surface area contributed by atoms with Crippen LogP contribution in [0, 0.1) is 0 Å². The van der Waals surface area contributed by atoms with E-state index in [-0.39, 0.29) is 11.7 Å². The molecule has 0 nitrogen and oxygen atoms in total. The number of alkyl halides is 1. The largest absolute Gasteiger partial charge is 0.251 e.